The second-order valence-corrected chi connectivity index (χ2v) is 17.2. The topological polar surface area (TPSA) is 150 Å². The van der Waals surface area contributed by atoms with Gasteiger partial charge in [0.2, 0.25) is 0 Å². The maximum Gasteiger partial charge on any atom is 0.264 e. The number of hydrogen-bond acceptors (Lipinski definition) is 10. The van der Waals surface area contributed by atoms with E-state index in [1.165, 1.54) is 9.80 Å². The Bertz CT molecular complexity index is 3570. The molecule has 0 aliphatic carbocycles. The lowest BCUT2D eigenvalue weighted by atomic mass is 9.90. The summed E-state index contributed by atoms with van der Waals surface area (Å²) in [7, 11) is 0. The van der Waals surface area contributed by atoms with Crippen LogP contribution in [0, 0.1) is 0 Å². The average molecular weight is 845 g/mol. The van der Waals surface area contributed by atoms with Crippen LogP contribution >= 0.6 is 0 Å². The lowest BCUT2D eigenvalue weighted by Crippen LogP contribution is -2.48. The first-order valence-corrected chi connectivity index (χ1v) is 21.7. The van der Waals surface area contributed by atoms with Crippen molar-refractivity contribution in [2.45, 2.75) is 12.8 Å². The second-order valence-electron chi connectivity index (χ2n) is 17.2. The highest BCUT2D eigenvalue weighted by atomic mass is 16.2. The Morgan fingerprint density at radius 2 is 0.750 bits per heavy atom. The molecule has 3 aliphatic heterocycles. The van der Waals surface area contributed by atoms with Crippen LogP contribution in [-0.2, 0) is 0 Å². The van der Waals surface area contributed by atoms with E-state index in [1.54, 1.807) is 45.2 Å². The first-order chi connectivity index (χ1) is 31.3. The number of benzene rings is 6. The number of aromatic nitrogens is 4. The molecule has 14 nitrogen and oxygen atoms in total. The van der Waals surface area contributed by atoms with Crippen LogP contribution in [0.2, 0.25) is 0 Å². The molecule has 7 heterocycles. The monoisotopic (exact) mass is 844 g/mol. The Hall–Kier alpha value is -7.68. The molecule has 1 saturated heterocycles. The predicted molar refractivity (Wildman–Crippen MR) is 243 cm³/mol. The standard InChI is InChI=1S/C50H36N8O6/c59-45-29-13-11-27-39-33(49(63)57-37-9-3-1-7-35(37)51-43(27)57)17-15-31(41(29)39)47(61)55(45)21-5-19-53-23-25-54(26-24-53)20-6-22-56-46(60)30-14-12-28-40-34(18-16-32(42(30)40)48(56)62)50(64)58-38-10-4-2-8-36(38)52-44(28)58/h1-4,7-18H,5-6,19-26H2. The summed E-state index contributed by atoms with van der Waals surface area (Å²) in [6, 6.07) is 28.9. The van der Waals surface area contributed by atoms with Gasteiger partial charge in [-0.05, 0) is 98.7 Å². The molecule has 0 radical (unpaired) electrons. The van der Waals surface area contributed by atoms with E-state index in [0.717, 1.165) is 37.0 Å². The summed E-state index contributed by atoms with van der Waals surface area (Å²) in [6.07, 6.45) is 1.22. The van der Waals surface area contributed by atoms with Crippen molar-refractivity contribution < 1.29 is 19.2 Å². The summed E-state index contributed by atoms with van der Waals surface area (Å²) in [5, 5.41) is 4.58. The molecule has 0 unspecified atom stereocenters. The van der Waals surface area contributed by atoms with E-state index >= 15 is 0 Å². The molecular weight excluding hydrogens is 809 g/mol. The lowest BCUT2D eigenvalue weighted by Gasteiger charge is -2.35. The zero-order chi connectivity index (χ0) is 43.1. The van der Waals surface area contributed by atoms with Crippen molar-refractivity contribution >= 4 is 100 Å². The van der Waals surface area contributed by atoms with Gasteiger partial charge in [0, 0.05) is 105 Å². The Morgan fingerprint density at radius 3 is 1.14 bits per heavy atom. The third-order valence-electron chi connectivity index (χ3n) is 13.9. The molecule has 0 N–H and O–H groups in total. The number of nitrogens with zero attached hydrogens (tertiary/aromatic N) is 8. The average Bonchev–Trinajstić information content (AvgIpc) is 3.91. The van der Waals surface area contributed by atoms with Crippen molar-refractivity contribution in [3.05, 3.63) is 140 Å². The highest BCUT2D eigenvalue weighted by molar-refractivity contribution is 6.32. The smallest absolute Gasteiger partial charge is 0.264 e. The Labute approximate surface area is 361 Å². The third kappa shape index (κ3) is 4.97. The highest BCUT2D eigenvalue weighted by Gasteiger charge is 2.36. The maximum absolute atomic E-state index is 13.9. The van der Waals surface area contributed by atoms with Crippen molar-refractivity contribution in [3.63, 3.8) is 0 Å². The highest BCUT2D eigenvalue weighted by Crippen LogP contribution is 2.39. The molecular formula is C50H36N8O6. The fourth-order valence-electron chi connectivity index (χ4n) is 10.8. The Kier molecular flexibility index (Phi) is 7.74. The Balaban J connectivity index is 0.654. The minimum absolute atomic E-state index is 0.230. The number of piperazine rings is 1. The first kappa shape index (κ1) is 36.9. The number of amides is 4. The summed E-state index contributed by atoms with van der Waals surface area (Å²) >= 11 is 0. The quantitative estimate of drug-likeness (QED) is 0.172. The summed E-state index contributed by atoms with van der Waals surface area (Å²) in [5.41, 5.74) is 5.04. The molecule has 6 aromatic carbocycles. The van der Waals surface area contributed by atoms with Crippen LogP contribution in [0.5, 0.6) is 0 Å². The molecule has 0 atom stereocenters. The normalized spacial score (nSPS) is 16.3. The number of rotatable bonds is 8. The summed E-state index contributed by atoms with van der Waals surface area (Å²) in [5.74, 6) is -1.43. The summed E-state index contributed by atoms with van der Waals surface area (Å²) < 4.78 is 3.22. The van der Waals surface area contributed by atoms with Crippen LogP contribution in [0.25, 0.3) is 76.5 Å². The van der Waals surface area contributed by atoms with Gasteiger partial charge in [-0.3, -0.25) is 47.4 Å². The number of hydrogen-bond donors (Lipinski definition) is 0. The van der Waals surface area contributed by atoms with Crippen LogP contribution in [-0.4, -0.2) is 114 Å². The van der Waals surface area contributed by atoms with E-state index in [0.29, 0.717) is 114 Å². The SMILES string of the molecule is O=C1c2ccc3c(=O)n4c5ccccc5nc4c4ccc(c2c34)C(=O)N1CCCN1CCN(CCCN2C(=O)c3ccc4c(=O)n5c6ccccc6nc5c5ccc(c3c45)C2=O)CC1. The van der Waals surface area contributed by atoms with Gasteiger partial charge in [-0.1, -0.05) is 24.3 Å². The molecule has 64 heavy (non-hydrogen) atoms. The minimum atomic E-state index is -0.358. The molecule has 10 aromatic rings. The molecule has 13 rings (SSSR count). The number of para-hydroxylation sites is 4. The van der Waals surface area contributed by atoms with Gasteiger partial charge in [-0.2, -0.15) is 0 Å². The largest absolute Gasteiger partial charge is 0.301 e. The zero-order valence-corrected chi connectivity index (χ0v) is 34.3. The third-order valence-corrected chi connectivity index (χ3v) is 13.9. The van der Waals surface area contributed by atoms with E-state index in [4.69, 9.17) is 9.97 Å². The predicted octanol–water partition coefficient (Wildman–Crippen LogP) is 5.79. The molecule has 3 aliphatic rings. The molecule has 1 fully saturated rings. The van der Waals surface area contributed by atoms with Crippen molar-refractivity contribution in [2.75, 3.05) is 52.4 Å². The number of carbonyl (C=O) groups is 4. The van der Waals surface area contributed by atoms with Gasteiger partial charge in [-0.25, -0.2) is 9.97 Å². The maximum atomic E-state index is 13.9. The fourth-order valence-corrected chi connectivity index (χ4v) is 10.8. The zero-order valence-electron chi connectivity index (χ0n) is 34.3. The number of imidazole rings is 2. The van der Waals surface area contributed by atoms with Gasteiger partial charge in [0.25, 0.3) is 34.7 Å². The Morgan fingerprint density at radius 1 is 0.391 bits per heavy atom. The molecule has 0 bridgehead atoms. The van der Waals surface area contributed by atoms with Crippen LogP contribution in [0.1, 0.15) is 54.3 Å². The van der Waals surface area contributed by atoms with E-state index < -0.39 is 0 Å². The van der Waals surface area contributed by atoms with Crippen LogP contribution in [0.4, 0.5) is 0 Å². The van der Waals surface area contributed by atoms with Crippen molar-refractivity contribution in [1.82, 2.24) is 38.4 Å². The van der Waals surface area contributed by atoms with Gasteiger partial charge in [0.05, 0.1) is 22.1 Å². The van der Waals surface area contributed by atoms with Crippen LogP contribution < -0.4 is 11.1 Å². The fraction of sp³-hybridized carbons (Fsp3) is 0.200. The van der Waals surface area contributed by atoms with Gasteiger partial charge in [-0.15, -0.1) is 0 Å². The van der Waals surface area contributed by atoms with Crippen LogP contribution in [0.3, 0.4) is 0 Å². The number of pyridine rings is 2. The minimum Gasteiger partial charge on any atom is -0.301 e. The first-order valence-electron chi connectivity index (χ1n) is 21.7. The van der Waals surface area contributed by atoms with E-state index in [2.05, 4.69) is 9.80 Å². The molecule has 312 valence electrons. The molecule has 14 heteroatoms. The van der Waals surface area contributed by atoms with Gasteiger partial charge in [0.15, 0.2) is 0 Å². The molecule has 0 saturated carbocycles. The number of carbonyl (C=O) groups excluding carboxylic acids is 4. The number of fused-ring (bicyclic) bond motifs is 8. The molecule has 4 aromatic heterocycles. The van der Waals surface area contributed by atoms with Crippen molar-refractivity contribution in [2.24, 2.45) is 0 Å². The van der Waals surface area contributed by atoms with Gasteiger partial charge >= 0.3 is 0 Å². The molecule has 0 spiro atoms. The lowest BCUT2D eigenvalue weighted by molar-refractivity contribution is 0.0573. The van der Waals surface area contributed by atoms with Gasteiger partial charge < -0.3 is 9.80 Å². The van der Waals surface area contributed by atoms with E-state index in [1.807, 2.05) is 60.7 Å². The van der Waals surface area contributed by atoms with E-state index in [-0.39, 0.29) is 47.8 Å². The summed E-state index contributed by atoms with van der Waals surface area (Å²) in [6.45, 7) is 5.20. The van der Waals surface area contributed by atoms with Crippen molar-refractivity contribution in [1.29, 1.82) is 0 Å². The van der Waals surface area contributed by atoms with E-state index in [9.17, 15) is 28.8 Å². The summed E-state index contributed by atoms with van der Waals surface area (Å²) in [4.78, 5) is 100. The van der Waals surface area contributed by atoms with Crippen LogP contribution in [0.15, 0.2) is 107 Å². The second kappa shape index (κ2) is 13.4. The molecule has 4 amide bonds. The number of imide groups is 2. The van der Waals surface area contributed by atoms with Crippen molar-refractivity contribution in [3.8, 4) is 0 Å². The van der Waals surface area contributed by atoms with Gasteiger partial charge in [0.1, 0.15) is 11.3 Å².